The van der Waals surface area contributed by atoms with Crippen molar-refractivity contribution in [1.82, 2.24) is 0 Å². The summed E-state index contributed by atoms with van der Waals surface area (Å²) in [5.74, 6) is 0. The van der Waals surface area contributed by atoms with E-state index in [1.54, 1.807) is 30.3 Å². The Morgan fingerprint density at radius 3 is 2.73 bits per heavy atom. The van der Waals surface area contributed by atoms with E-state index in [0.29, 0.717) is 4.90 Å². The molecule has 2 nitrogen and oxygen atoms in total. The molecule has 0 aromatic heterocycles. The molecule has 0 aliphatic heterocycles. The third-order valence-corrected chi connectivity index (χ3v) is 3.21. The Balaban J connectivity index is 2.99. The van der Waals surface area contributed by atoms with Crippen LogP contribution in [-0.2, 0) is 24.1 Å². The molecule has 0 spiro atoms. The van der Waals surface area contributed by atoms with Crippen LogP contribution in [0.15, 0.2) is 35.2 Å². The van der Waals surface area contributed by atoms with Gasteiger partial charge in [0.25, 0.3) is 0 Å². The summed E-state index contributed by atoms with van der Waals surface area (Å²) >= 11 is 4.69. The Hall–Kier alpha value is -0.450. The molecule has 60 valence electrons. The lowest BCUT2D eigenvalue weighted by atomic mass is 10.4. The van der Waals surface area contributed by atoms with Crippen LogP contribution in [0.5, 0.6) is 0 Å². The van der Waals surface area contributed by atoms with Crippen LogP contribution in [-0.4, -0.2) is 11.3 Å². The van der Waals surface area contributed by atoms with E-state index >= 15 is 0 Å². The van der Waals surface area contributed by atoms with Crippen LogP contribution >= 0.6 is 0 Å². The predicted molar refractivity (Wildman–Crippen MR) is 47.2 cm³/mol. The molecule has 0 aliphatic carbocycles. The lowest BCUT2D eigenvalue weighted by Crippen LogP contribution is -1.99. The third kappa shape index (κ3) is 1.99. The highest BCUT2D eigenvalue weighted by Gasteiger charge is 2.05. The summed E-state index contributed by atoms with van der Waals surface area (Å²) in [6.45, 7) is 0. The van der Waals surface area contributed by atoms with Crippen molar-refractivity contribution in [2.75, 3.05) is 7.09 Å². The SMILES string of the molecule is [2H]COS(=O)(=S)c1ccccc1. The second kappa shape index (κ2) is 3.30. The topological polar surface area (TPSA) is 26.3 Å². The molecule has 0 saturated carbocycles. The molecule has 0 amide bonds. The van der Waals surface area contributed by atoms with E-state index < -0.39 is 8.77 Å². The Morgan fingerprint density at radius 1 is 1.55 bits per heavy atom. The normalized spacial score (nSPS) is 16.9. The summed E-state index contributed by atoms with van der Waals surface area (Å²) in [5.41, 5.74) is 0. The smallest absolute Gasteiger partial charge is 0.173 e. The van der Waals surface area contributed by atoms with E-state index in [-0.39, 0.29) is 7.09 Å². The highest BCUT2D eigenvalue weighted by atomic mass is 32.8. The summed E-state index contributed by atoms with van der Waals surface area (Å²) in [6, 6.07) is 8.52. The second-order valence-corrected chi connectivity index (χ2v) is 4.82. The minimum atomic E-state index is -2.86. The van der Waals surface area contributed by atoms with E-state index in [0.717, 1.165) is 0 Å². The monoisotopic (exact) mass is 189 g/mol. The van der Waals surface area contributed by atoms with Gasteiger partial charge in [-0.25, -0.2) is 4.21 Å². The highest BCUT2D eigenvalue weighted by Crippen LogP contribution is 2.09. The fourth-order valence-corrected chi connectivity index (χ4v) is 1.62. The summed E-state index contributed by atoms with van der Waals surface area (Å²) in [4.78, 5) is 0.451. The molecule has 0 radical (unpaired) electrons. The van der Waals surface area contributed by atoms with Crippen molar-refractivity contribution in [3.63, 3.8) is 0 Å². The molecule has 1 unspecified atom stereocenters. The molecule has 1 aromatic carbocycles. The fourth-order valence-electron chi connectivity index (χ4n) is 0.655. The van der Waals surface area contributed by atoms with Crippen molar-refractivity contribution in [3.05, 3.63) is 30.3 Å². The molecule has 0 bridgehead atoms. The van der Waals surface area contributed by atoms with Crippen LogP contribution in [0.1, 0.15) is 1.37 Å². The molecular formula is C7H8O2S2. The van der Waals surface area contributed by atoms with Gasteiger partial charge in [0.1, 0.15) is 0 Å². The molecule has 0 aliphatic rings. The molecule has 0 N–H and O–H groups in total. The van der Waals surface area contributed by atoms with Gasteiger partial charge in [-0.05, 0) is 12.1 Å². The third-order valence-electron chi connectivity index (χ3n) is 1.19. The molecule has 0 fully saturated rings. The second-order valence-electron chi connectivity index (χ2n) is 1.89. The van der Waals surface area contributed by atoms with Gasteiger partial charge in [-0.2, -0.15) is 0 Å². The lowest BCUT2D eigenvalue weighted by molar-refractivity contribution is 0.443. The first-order valence-electron chi connectivity index (χ1n) is 3.61. The van der Waals surface area contributed by atoms with E-state index in [4.69, 9.17) is 12.6 Å². The van der Waals surface area contributed by atoms with Crippen molar-refractivity contribution in [3.8, 4) is 0 Å². The number of hydrogen-bond acceptors (Lipinski definition) is 3. The maximum Gasteiger partial charge on any atom is 0.173 e. The van der Waals surface area contributed by atoms with Gasteiger partial charge in [-0.1, -0.05) is 18.2 Å². The van der Waals surface area contributed by atoms with Crippen LogP contribution in [0.4, 0.5) is 0 Å². The van der Waals surface area contributed by atoms with Gasteiger partial charge in [0.15, 0.2) is 8.77 Å². The minimum absolute atomic E-state index is 0.378. The molecule has 0 saturated heterocycles. The van der Waals surface area contributed by atoms with Gasteiger partial charge in [-0.3, -0.25) is 4.18 Å². The van der Waals surface area contributed by atoms with Gasteiger partial charge in [0.05, 0.1) is 13.4 Å². The van der Waals surface area contributed by atoms with Crippen molar-refractivity contribution in [2.24, 2.45) is 0 Å². The Bertz CT molecular complexity index is 334. The van der Waals surface area contributed by atoms with E-state index in [1.807, 2.05) is 0 Å². The lowest BCUT2D eigenvalue weighted by Gasteiger charge is -2.02. The zero-order valence-corrected chi connectivity index (χ0v) is 7.36. The van der Waals surface area contributed by atoms with Crippen LogP contribution in [0, 0.1) is 0 Å². The number of hydrogen-bond donors (Lipinski definition) is 0. The van der Waals surface area contributed by atoms with Crippen LogP contribution in [0.2, 0.25) is 0 Å². The quantitative estimate of drug-likeness (QED) is 0.702. The fraction of sp³-hybridized carbons (Fsp3) is 0.143. The van der Waals surface area contributed by atoms with E-state index in [2.05, 4.69) is 4.18 Å². The van der Waals surface area contributed by atoms with Gasteiger partial charge >= 0.3 is 0 Å². The van der Waals surface area contributed by atoms with Crippen molar-refractivity contribution < 1.29 is 9.76 Å². The van der Waals surface area contributed by atoms with E-state index in [9.17, 15) is 4.21 Å². The zero-order valence-electron chi connectivity index (χ0n) is 6.73. The summed E-state index contributed by atoms with van der Waals surface area (Å²) in [7, 11) is -3.24. The summed E-state index contributed by atoms with van der Waals surface area (Å²) in [6.07, 6.45) is 0. The molecule has 4 heteroatoms. The first-order chi connectivity index (χ1) is 5.67. The Labute approximate surface area is 72.5 Å². The molecule has 1 aromatic rings. The van der Waals surface area contributed by atoms with Crippen LogP contribution in [0.25, 0.3) is 0 Å². The summed E-state index contributed by atoms with van der Waals surface area (Å²) < 4.78 is 22.8. The average Bonchev–Trinajstić information content (AvgIpc) is 2.06. The van der Waals surface area contributed by atoms with Crippen molar-refractivity contribution in [2.45, 2.75) is 4.90 Å². The molecule has 1 rings (SSSR count). The average molecular weight is 189 g/mol. The standard InChI is InChI=1S/C7H8O2S2/c1-9-11(8,10)7-5-3-2-4-6-7/h2-6H,1H3/i1D. The molecular weight excluding hydrogens is 180 g/mol. The van der Waals surface area contributed by atoms with E-state index in [1.165, 1.54) is 0 Å². The predicted octanol–water partition coefficient (Wildman–Crippen LogP) is 1.35. The number of rotatable bonds is 2. The highest BCUT2D eigenvalue weighted by molar-refractivity contribution is 8.30. The minimum Gasteiger partial charge on any atom is -0.290 e. The van der Waals surface area contributed by atoms with Gasteiger partial charge < -0.3 is 0 Å². The largest absolute Gasteiger partial charge is 0.290 e. The Kier molecular flexibility index (Phi) is 2.16. The Morgan fingerprint density at radius 2 is 2.18 bits per heavy atom. The maximum atomic E-state index is 11.5. The van der Waals surface area contributed by atoms with Gasteiger partial charge in [-0.15, -0.1) is 0 Å². The first-order valence-corrected chi connectivity index (χ1v) is 5.31. The van der Waals surface area contributed by atoms with Crippen LogP contribution in [0.3, 0.4) is 0 Å². The van der Waals surface area contributed by atoms with Crippen LogP contribution < -0.4 is 0 Å². The first kappa shape index (κ1) is 7.21. The van der Waals surface area contributed by atoms with Crippen molar-refractivity contribution in [1.29, 1.82) is 0 Å². The molecule has 0 heterocycles. The van der Waals surface area contributed by atoms with Gasteiger partial charge in [0, 0.05) is 11.2 Å². The van der Waals surface area contributed by atoms with Gasteiger partial charge in [0.2, 0.25) is 0 Å². The molecule has 11 heavy (non-hydrogen) atoms. The van der Waals surface area contributed by atoms with Crippen molar-refractivity contribution >= 4 is 20.0 Å². The number of benzene rings is 1. The molecule has 1 atom stereocenters. The maximum absolute atomic E-state index is 11.5. The summed E-state index contributed by atoms with van der Waals surface area (Å²) in [5, 5.41) is 0. The zero-order chi connectivity index (χ0) is 9.03.